The van der Waals surface area contributed by atoms with Gasteiger partial charge in [-0.2, -0.15) is 0 Å². The molecule has 0 unspecified atom stereocenters. The molecule has 14 heavy (non-hydrogen) atoms. The van der Waals surface area contributed by atoms with Crippen LogP contribution in [0.15, 0.2) is 18.3 Å². The molecule has 3 nitrogen and oxygen atoms in total. The van der Waals surface area contributed by atoms with Gasteiger partial charge in [0.05, 0.1) is 7.11 Å². The minimum atomic E-state index is -0.429. The lowest BCUT2D eigenvalue weighted by molar-refractivity contribution is 0.0849. The van der Waals surface area contributed by atoms with Gasteiger partial charge in [-0.05, 0) is 12.1 Å². The first-order valence-corrected chi connectivity index (χ1v) is 4.50. The molecular weight excluding hydrogens is 178 g/mol. The molecule has 0 atom stereocenters. The lowest BCUT2D eigenvalue weighted by Crippen LogP contribution is -2.21. The Morgan fingerprint density at radius 1 is 1.43 bits per heavy atom. The fraction of sp³-hybridized carbons (Fsp3) is 0.455. The number of methoxy groups -OCH3 is 1. The maximum atomic E-state index is 11.9. The third-order valence-electron chi connectivity index (χ3n) is 1.89. The maximum Gasteiger partial charge on any atom is 0.190 e. The molecule has 0 N–H and O–H groups in total. The van der Waals surface area contributed by atoms with E-state index < -0.39 is 5.41 Å². The summed E-state index contributed by atoms with van der Waals surface area (Å²) in [6.45, 7) is 5.59. The molecule has 0 spiro atoms. The summed E-state index contributed by atoms with van der Waals surface area (Å²) in [5.41, 5.74) is -0.0238. The van der Waals surface area contributed by atoms with Crippen molar-refractivity contribution in [1.82, 2.24) is 4.98 Å². The summed E-state index contributed by atoms with van der Waals surface area (Å²) in [5, 5.41) is 0. The van der Waals surface area contributed by atoms with E-state index in [1.807, 2.05) is 20.8 Å². The Morgan fingerprint density at radius 3 is 2.57 bits per heavy atom. The van der Waals surface area contributed by atoms with Crippen molar-refractivity contribution in [3.63, 3.8) is 0 Å². The third kappa shape index (κ3) is 2.10. The first kappa shape index (κ1) is 10.7. The first-order chi connectivity index (χ1) is 6.46. The number of rotatable bonds is 2. The largest absolute Gasteiger partial charge is 0.494 e. The van der Waals surface area contributed by atoms with E-state index in [4.69, 9.17) is 4.74 Å². The zero-order valence-corrected chi connectivity index (χ0v) is 9.00. The Hall–Kier alpha value is -1.38. The van der Waals surface area contributed by atoms with Gasteiger partial charge in [0.1, 0.15) is 11.4 Å². The quantitative estimate of drug-likeness (QED) is 0.676. The summed E-state index contributed by atoms with van der Waals surface area (Å²) < 4.78 is 5.08. The maximum absolute atomic E-state index is 11.9. The van der Waals surface area contributed by atoms with Gasteiger partial charge in [-0.1, -0.05) is 20.8 Å². The minimum absolute atomic E-state index is 0.00468. The van der Waals surface area contributed by atoms with E-state index in [1.54, 1.807) is 18.3 Å². The Morgan fingerprint density at radius 2 is 2.07 bits per heavy atom. The minimum Gasteiger partial charge on any atom is -0.494 e. The molecule has 0 amide bonds. The van der Waals surface area contributed by atoms with E-state index in [2.05, 4.69) is 4.98 Å². The molecule has 0 radical (unpaired) electrons. The number of hydrogen-bond acceptors (Lipinski definition) is 3. The molecule has 0 aliphatic rings. The highest BCUT2D eigenvalue weighted by molar-refractivity contribution is 6.00. The van der Waals surface area contributed by atoms with Crippen molar-refractivity contribution in [2.24, 2.45) is 5.41 Å². The Balaban J connectivity index is 3.13. The summed E-state index contributed by atoms with van der Waals surface area (Å²) in [6, 6.07) is 3.49. The molecule has 0 saturated heterocycles. The van der Waals surface area contributed by atoms with Crippen molar-refractivity contribution in [2.75, 3.05) is 7.11 Å². The van der Waals surface area contributed by atoms with Crippen molar-refractivity contribution in [3.8, 4) is 5.75 Å². The van der Waals surface area contributed by atoms with Gasteiger partial charge in [0.15, 0.2) is 5.78 Å². The summed E-state index contributed by atoms with van der Waals surface area (Å²) in [7, 11) is 1.54. The van der Waals surface area contributed by atoms with Crippen LogP contribution in [0.25, 0.3) is 0 Å². The van der Waals surface area contributed by atoms with Crippen LogP contribution in [0, 0.1) is 5.41 Å². The highest BCUT2D eigenvalue weighted by Gasteiger charge is 2.26. The molecule has 0 bridgehead atoms. The van der Waals surface area contributed by atoms with Gasteiger partial charge in [-0.25, -0.2) is 4.98 Å². The number of hydrogen-bond donors (Lipinski definition) is 0. The normalized spacial score (nSPS) is 11.1. The predicted octanol–water partition coefficient (Wildman–Crippen LogP) is 2.32. The standard InChI is InChI=1S/C11H15NO2/c1-11(2,3)10(13)9-8(14-4)6-5-7-12-9/h5-7H,1-4H3. The van der Waals surface area contributed by atoms with Gasteiger partial charge in [-0.15, -0.1) is 0 Å². The lowest BCUT2D eigenvalue weighted by Gasteiger charge is -2.17. The van der Waals surface area contributed by atoms with Crippen LogP contribution in [0.2, 0.25) is 0 Å². The van der Waals surface area contributed by atoms with Gasteiger partial charge in [0.25, 0.3) is 0 Å². The molecule has 1 rings (SSSR count). The summed E-state index contributed by atoms with van der Waals surface area (Å²) in [6.07, 6.45) is 1.60. The number of ketones is 1. The Bertz CT molecular complexity index is 339. The van der Waals surface area contributed by atoms with Crippen LogP contribution >= 0.6 is 0 Å². The van der Waals surface area contributed by atoms with E-state index in [9.17, 15) is 4.79 Å². The number of Topliss-reactive ketones (excluding diaryl/α,β-unsaturated/α-hetero) is 1. The van der Waals surface area contributed by atoms with E-state index in [0.717, 1.165) is 0 Å². The van der Waals surface area contributed by atoms with Gasteiger partial charge < -0.3 is 4.74 Å². The first-order valence-electron chi connectivity index (χ1n) is 4.50. The number of nitrogens with zero attached hydrogens (tertiary/aromatic N) is 1. The summed E-state index contributed by atoms with van der Waals surface area (Å²) >= 11 is 0. The molecule has 1 aromatic rings. The highest BCUT2D eigenvalue weighted by Crippen LogP contribution is 2.25. The fourth-order valence-corrected chi connectivity index (χ4v) is 1.08. The van der Waals surface area contributed by atoms with Gasteiger partial charge in [0.2, 0.25) is 0 Å². The lowest BCUT2D eigenvalue weighted by atomic mass is 9.88. The van der Waals surface area contributed by atoms with E-state index >= 15 is 0 Å². The zero-order chi connectivity index (χ0) is 10.8. The SMILES string of the molecule is COc1cccnc1C(=O)C(C)(C)C. The number of carbonyl (C=O) groups excluding carboxylic acids is 1. The monoisotopic (exact) mass is 193 g/mol. The van der Waals surface area contributed by atoms with Gasteiger partial charge >= 0.3 is 0 Å². The molecule has 76 valence electrons. The van der Waals surface area contributed by atoms with Crippen LogP contribution in [0.1, 0.15) is 31.3 Å². The average molecular weight is 193 g/mol. The van der Waals surface area contributed by atoms with Crippen molar-refractivity contribution in [2.45, 2.75) is 20.8 Å². The van der Waals surface area contributed by atoms with E-state index in [1.165, 1.54) is 7.11 Å². The summed E-state index contributed by atoms with van der Waals surface area (Å²) in [5.74, 6) is 0.530. The van der Waals surface area contributed by atoms with E-state index in [-0.39, 0.29) is 5.78 Å². The second kappa shape index (κ2) is 3.78. The predicted molar refractivity (Wildman–Crippen MR) is 54.6 cm³/mol. The number of carbonyl (C=O) groups is 1. The smallest absolute Gasteiger partial charge is 0.190 e. The second-order valence-electron chi connectivity index (χ2n) is 4.13. The molecule has 1 heterocycles. The number of pyridine rings is 1. The summed E-state index contributed by atoms with van der Waals surface area (Å²) in [4.78, 5) is 15.9. The highest BCUT2D eigenvalue weighted by atomic mass is 16.5. The molecule has 0 aliphatic heterocycles. The molecule has 3 heteroatoms. The van der Waals surface area contributed by atoms with Crippen LogP contribution in [0.5, 0.6) is 5.75 Å². The van der Waals surface area contributed by atoms with Crippen molar-refractivity contribution in [3.05, 3.63) is 24.0 Å². The van der Waals surface area contributed by atoms with Crippen LogP contribution in [-0.2, 0) is 0 Å². The zero-order valence-electron chi connectivity index (χ0n) is 9.00. The fourth-order valence-electron chi connectivity index (χ4n) is 1.08. The topological polar surface area (TPSA) is 39.2 Å². The third-order valence-corrected chi connectivity index (χ3v) is 1.89. The molecule has 0 aromatic carbocycles. The van der Waals surface area contributed by atoms with Crippen LogP contribution in [0.4, 0.5) is 0 Å². The van der Waals surface area contributed by atoms with Crippen molar-refractivity contribution < 1.29 is 9.53 Å². The van der Waals surface area contributed by atoms with Crippen molar-refractivity contribution >= 4 is 5.78 Å². The van der Waals surface area contributed by atoms with Crippen LogP contribution in [0.3, 0.4) is 0 Å². The Labute approximate surface area is 84.1 Å². The second-order valence-corrected chi connectivity index (χ2v) is 4.13. The van der Waals surface area contributed by atoms with Crippen LogP contribution < -0.4 is 4.74 Å². The molecule has 0 fully saturated rings. The van der Waals surface area contributed by atoms with Crippen LogP contribution in [-0.4, -0.2) is 17.9 Å². The average Bonchev–Trinajstić information content (AvgIpc) is 2.15. The molecule has 1 aromatic heterocycles. The van der Waals surface area contributed by atoms with Gasteiger partial charge in [-0.3, -0.25) is 4.79 Å². The van der Waals surface area contributed by atoms with E-state index in [0.29, 0.717) is 11.4 Å². The van der Waals surface area contributed by atoms with Gasteiger partial charge in [0, 0.05) is 11.6 Å². The van der Waals surface area contributed by atoms with Crippen molar-refractivity contribution in [1.29, 1.82) is 0 Å². The molecule has 0 aliphatic carbocycles. The molecular formula is C11H15NO2. The number of aromatic nitrogens is 1. The Kier molecular flexibility index (Phi) is 2.89. The number of ether oxygens (including phenoxy) is 1. The molecule has 0 saturated carbocycles.